The van der Waals surface area contributed by atoms with Crippen LogP contribution in [0.5, 0.6) is 5.88 Å². The molecule has 22 heavy (non-hydrogen) atoms. The van der Waals surface area contributed by atoms with Crippen molar-refractivity contribution in [3.63, 3.8) is 0 Å². The van der Waals surface area contributed by atoms with Crippen LogP contribution in [0.2, 0.25) is 0 Å². The number of likely N-dealkylation sites (tertiary alicyclic amines) is 2. The number of methoxy groups -OCH3 is 1. The molecule has 3 rings (SSSR count). The molecule has 6 nitrogen and oxygen atoms in total. The topological polar surface area (TPSA) is 57.7 Å². The van der Waals surface area contributed by atoms with Gasteiger partial charge in [-0.2, -0.15) is 0 Å². The van der Waals surface area contributed by atoms with Crippen LogP contribution in [0.25, 0.3) is 0 Å². The van der Waals surface area contributed by atoms with Gasteiger partial charge in [0.15, 0.2) is 0 Å². The van der Waals surface area contributed by atoms with E-state index in [1.165, 1.54) is 0 Å². The molecular weight excluding hydrogens is 280 g/mol. The highest BCUT2D eigenvalue weighted by atomic mass is 16.5. The van der Waals surface area contributed by atoms with Crippen molar-refractivity contribution in [2.45, 2.75) is 31.7 Å². The van der Waals surface area contributed by atoms with Crippen molar-refractivity contribution in [3.05, 3.63) is 17.8 Å². The lowest BCUT2D eigenvalue weighted by molar-refractivity contribution is -0.0166. The fourth-order valence-electron chi connectivity index (χ4n) is 3.38. The summed E-state index contributed by atoms with van der Waals surface area (Å²) in [5, 5.41) is 3.00. The van der Waals surface area contributed by atoms with Crippen LogP contribution in [-0.2, 0) is 0 Å². The minimum Gasteiger partial charge on any atom is -0.481 e. The number of urea groups is 1. The summed E-state index contributed by atoms with van der Waals surface area (Å²) in [6.45, 7) is 4.84. The monoisotopic (exact) mass is 304 g/mol. The fraction of sp³-hybridized carbons (Fsp3) is 0.625. The highest BCUT2D eigenvalue weighted by Gasteiger charge is 2.48. The molecule has 1 aromatic heterocycles. The number of anilines is 1. The minimum atomic E-state index is -0.00845. The van der Waals surface area contributed by atoms with Crippen LogP contribution < -0.4 is 10.1 Å². The first-order chi connectivity index (χ1) is 10.5. The number of nitrogens with zero attached hydrogens (tertiary/aromatic N) is 3. The van der Waals surface area contributed by atoms with E-state index in [1.54, 1.807) is 13.2 Å². The van der Waals surface area contributed by atoms with E-state index in [0.717, 1.165) is 50.3 Å². The molecule has 0 aromatic carbocycles. The quantitative estimate of drug-likeness (QED) is 0.909. The van der Waals surface area contributed by atoms with E-state index in [1.807, 2.05) is 17.9 Å². The molecule has 120 valence electrons. The Morgan fingerprint density at radius 1 is 1.27 bits per heavy atom. The summed E-state index contributed by atoms with van der Waals surface area (Å²) in [5.74, 6) is 0.561. The van der Waals surface area contributed by atoms with Crippen LogP contribution in [0, 0.1) is 6.92 Å². The van der Waals surface area contributed by atoms with Gasteiger partial charge in [-0.15, -0.1) is 0 Å². The number of piperidine rings is 1. The molecule has 0 aliphatic carbocycles. The molecule has 2 aliphatic rings. The maximum atomic E-state index is 12.6. The van der Waals surface area contributed by atoms with Gasteiger partial charge in [0.25, 0.3) is 0 Å². The second kappa shape index (κ2) is 5.76. The predicted octanol–water partition coefficient (Wildman–Crippen LogP) is 2.10. The zero-order chi connectivity index (χ0) is 15.7. The summed E-state index contributed by atoms with van der Waals surface area (Å²) >= 11 is 0. The molecule has 0 bridgehead atoms. The summed E-state index contributed by atoms with van der Waals surface area (Å²) in [7, 11) is 3.73. The molecule has 1 N–H and O–H groups in total. The Labute approximate surface area is 131 Å². The van der Waals surface area contributed by atoms with E-state index in [2.05, 4.69) is 22.2 Å². The largest absolute Gasteiger partial charge is 0.481 e. The Kier molecular flexibility index (Phi) is 3.95. The average molecular weight is 304 g/mol. The number of ether oxygens (including phenoxy) is 1. The molecule has 2 amide bonds. The van der Waals surface area contributed by atoms with Crippen LogP contribution in [0.1, 0.15) is 25.0 Å². The fourth-order valence-corrected chi connectivity index (χ4v) is 3.38. The zero-order valence-electron chi connectivity index (χ0n) is 13.6. The van der Waals surface area contributed by atoms with Crippen molar-refractivity contribution in [2.24, 2.45) is 0 Å². The number of rotatable bonds is 2. The van der Waals surface area contributed by atoms with Crippen LogP contribution >= 0.6 is 0 Å². The molecule has 6 heteroatoms. The number of aryl methyl sites for hydroxylation is 1. The molecule has 0 unspecified atom stereocenters. The molecular formula is C16H24N4O2. The number of carbonyl (C=O) groups is 1. The van der Waals surface area contributed by atoms with E-state index in [4.69, 9.17) is 4.74 Å². The van der Waals surface area contributed by atoms with Crippen LogP contribution in [0.4, 0.5) is 10.5 Å². The lowest BCUT2D eigenvalue weighted by Gasteiger charge is -2.55. The third kappa shape index (κ3) is 2.63. The molecule has 1 spiro atoms. The number of hydrogen-bond acceptors (Lipinski definition) is 4. The molecule has 1 aromatic rings. The number of carbonyl (C=O) groups excluding carboxylic acids is 1. The van der Waals surface area contributed by atoms with E-state index >= 15 is 0 Å². The van der Waals surface area contributed by atoms with Crippen molar-refractivity contribution < 1.29 is 9.53 Å². The van der Waals surface area contributed by atoms with Crippen LogP contribution in [-0.4, -0.2) is 60.1 Å². The summed E-state index contributed by atoms with van der Waals surface area (Å²) in [5.41, 5.74) is 1.59. The first kappa shape index (κ1) is 15.1. The normalized spacial score (nSPS) is 20.6. The minimum absolute atomic E-state index is 0.00845. The van der Waals surface area contributed by atoms with Crippen molar-refractivity contribution in [1.82, 2.24) is 14.8 Å². The maximum Gasteiger partial charge on any atom is 0.322 e. The van der Waals surface area contributed by atoms with Gasteiger partial charge in [-0.25, -0.2) is 9.78 Å². The van der Waals surface area contributed by atoms with Gasteiger partial charge < -0.3 is 19.9 Å². The van der Waals surface area contributed by atoms with Crippen molar-refractivity contribution in [2.75, 3.05) is 39.1 Å². The number of hydrogen-bond donors (Lipinski definition) is 1. The predicted molar refractivity (Wildman–Crippen MR) is 85.3 cm³/mol. The van der Waals surface area contributed by atoms with Gasteiger partial charge in [0.05, 0.1) is 18.5 Å². The van der Waals surface area contributed by atoms with Crippen LogP contribution in [0.3, 0.4) is 0 Å². The average Bonchev–Trinajstić information content (AvgIpc) is 2.49. The standard InChI is InChI=1S/C16H24N4O2/c1-12-13(4-5-14(17-12)22-3)18-15(21)20-11-8-16(20)6-9-19(2)10-7-16/h4-5H,6-11H2,1-3H3,(H,18,21). The first-order valence-corrected chi connectivity index (χ1v) is 7.83. The molecule has 2 fully saturated rings. The van der Waals surface area contributed by atoms with E-state index < -0.39 is 0 Å². The Hall–Kier alpha value is -1.82. The second-order valence-electron chi connectivity index (χ2n) is 6.35. The number of amides is 2. The third-order valence-corrected chi connectivity index (χ3v) is 5.05. The Bertz CT molecular complexity index is 567. The van der Waals surface area contributed by atoms with Crippen LogP contribution in [0.15, 0.2) is 12.1 Å². The summed E-state index contributed by atoms with van der Waals surface area (Å²) in [4.78, 5) is 21.2. The van der Waals surface area contributed by atoms with Gasteiger partial charge in [-0.1, -0.05) is 0 Å². The van der Waals surface area contributed by atoms with E-state index in [9.17, 15) is 4.79 Å². The van der Waals surface area contributed by atoms with Crippen molar-refractivity contribution >= 4 is 11.7 Å². The summed E-state index contributed by atoms with van der Waals surface area (Å²) in [6.07, 6.45) is 3.25. The lowest BCUT2D eigenvalue weighted by Crippen LogP contribution is -2.66. The molecule has 3 heterocycles. The molecule has 0 saturated carbocycles. The molecule has 0 atom stereocenters. The van der Waals surface area contributed by atoms with E-state index in [0.29, 0.717) is 5.88 Å². The summed E-state index contributed by atoms with van der Waals surface area (Å²) in [6, 6.07) is 3.61. The van der Waals surface area contributed by atoms with Gasteiger partial charge in [0.1, 0.15) is 0 Å². The highest BCUT2D eigenvalue weighted by molar-refractivity contribution is 5.91. The smallest absolute Gasteiger partial charge is 0.322 e. The van der Waals surface area contributed by atoms with Gasteiger partial charge in [0, 0.05) is 31.2 Å². The Balaban J connectivity index is 1.67. The zero-order valence-corrected chi connectivity index (χ0v) is 13.6. The Morgan fingerprint density at radius 2 is 1.95 bits per heavy atom. The molecule has 2 aliphatic heterocycles. The van der Waals surface area contributed by atoms with Gasteiger partial charge in [-0.3, -0.25) is 0 Å². The van der Waals surface area contributed by atoms with Gasteiger partial charge >= 0.3 is 6.03 Å². The van der Waals surface area contributed by atoms with E-state index in [-0.39, 0.29) is 11.6 Å². The maximum absolute atomic E-state index is 12.6. The Morgan fingerprint density at radius 3 is 2.50 bits per heavy atom. The first-order valence-electron chi connectivity index (χ1n) is 7.83. The third-order valence-electron chi connectivity index (χ3n) is 5.05. The van der Waals surface area contributed by atoms with Gasteiger partial charge in [-0.05, 0) is 39.3 Å². The molecule has 0 radical (unpaired) electrons. The number of pyridine rings is 1. The summed E-state index contributed by atoms with van der Waals surface area (Å²) < 4.78 is 5.10. The van der Waals surface area contributed by atoms with Crippen molar-refractivity contribution in [3.8, 4) is 5.88 Å². The van der Waals surface area contributed by atoms with Gasteiger partial charge in [0.2, 0.25) is 5.88 Å². The van der Waals surface area contributed by atoms with Crippen molar-refractivity contribution in [1.29, 1.82) is 0 Å². The second-order valence-corrected chi connectivity index (χ2v) is 6.35. The highest BCUT2D eigenvalue weighted by Crippen LogP contribution is 2.40. The number of aromatic nitrogens is 1. The SMILES string of the molecule is COc1ccc(NC(=O)N2CCC23CCN(C)CC3)c(C)n1. The molecule has 2 saturated heterocycles. The number of nitrogens with one attached hydrogen (secondary N) is 1. The lowest BCUT2D eigenvalue weighted by atomic mass is 9.77.